The molecule has 1 nitrogen and oxygen atoms in total. The summed E-state index contributed by atoms with van der Waals surface area (Å²) in [6.45, 7) is -0.979. The average Bonchev–Trinajstić information content (AvgIpc) is 2.27. The van der Waals surface area contributed by atoms with Gasteiger partial charge >= 0.3 is 5.92 Å². The van der Waals surface area contributed by atoms with Crippen molar-refractivity contribution in [3.8, 4) is 0 Å². The molecule has 0 saturated heterocycles. The maximum atomic E-state index is 12.9. The third kappa shape index (κ3) is 5.18. The van der Waals surface area contributed by atoms with Gasteiger partial charge in [0.05, 0.1) is 0 Å². The highest BCUT2D eigenvalue weighted by atomic mass is 32.2. The van der Waals surface area contributed by atoms with E-state index < -0.39 is 42.0 Å². The van der Waals surface area contributed by atoms with E-state index in [0.29, 0.717) is 11.8 Å². The first-order chi connectivity index (χ1) is 7.67. The Hall–Kier alpha value is -0.400. The van der Waals surface area contributed by atoms with E-state index in [9.17, 15) is 31.1 Å². The highest BCUT2D eigenvalue weighted by Gasteiger charge is 2.55. The first-order valence-electron chi connectivity index (χ1n) is 4.78. The second kappa shape index (κ2) is 6.51. The molecule has 0 bridgehead atoms. The Morgan fingerprint density at radius 2 is 1.76 bits per heavy atom. The second-order valence-electron chi connectivity index (χ2n) is 3.34. The van der Waals surface area contributed by atoms with Crippen LogP contribution in [-0.4, -0.2) is 35.6 Å². The molecule has 17 heavy (non-hydrogen) atoms. The predicted molar refractivity (Wildman–Crippen MR) is 53.1 cm³/mol. The molecule has 102 valence electrons. The number of thioether (sulfide) groups is 1. The molecule has 0 aliphatic rings. The molecule has 0 N–H and O–H groups in total. The zero-order chi connectivity index (χ0) is 13.7. The maximum absolute atomic E-state index is 12.9. The molecule has 0 saturated carbocycles. The van der Waals surface area contributed by atoms with E-state index in [1.165, 1.54) is 6.92 Å². The summed E-state index contributed by atoms with van der Waals surface area (Å²) >= 11 is 0.515. The molecule has 0 heterocycles. The van der Waals surface area contributed by atoms with Gasteiger partial charge in [-0.3, -0.25) is 4.79 Å². The number of hydrogen-bond donors (Lipinski definition) is 0. The lowest BCUT2D eigenvalue weighted by Crippen LogP contribution is -2.46. The molecular formula is C9H12F6OS. The number of carbonyl (C=O) groups is 1. The minimum absolute atomic E-state index is 0.107. The van der Waals surface area contributed by atoms with Gasteiger partial charge in [0.25, 0.3) is 5.92 Å². The zero-order valence-electron chi connectivity index (χ0n) is 8.99. The highest BCUT2D eigenvalue weighted by molar-refractivity contribution is 8.13. The lowest BCUT2D eigenvalue weighted by atomic mass is 10.1. The molecule has 0 aliphatic heterocycles. The number of alkyl halides is 6. The van der Waals surface area contributed by atoms with Crippen LogP contribution < -0.4 is 0 Å². The summed E-state index contributed by atoms with van der Waals surface area (Å²) in [4.78, 5) is 10.7. The van der Waals surface area contributed by atoms with Crippen molar-refractivity contribution in [2.75, 3.05) is 12.4 Å². The third-order valence-electron chi connectivity index (χ3n) is 1.91. The summed E-state index contributed by atoms with van der Waals surface area (Å²) in [5.74, 6) is -9.54. The van der Waals surface area contributed by atoms with E-state index in [1.54, 1.807) is 0 Å². The van der Waals surface area contributed by atoms with Crippen LogP contribution in [-0.2, 0) is 4.79 Å². The lowest BCUT2D eigenvalue weighted by molar-refractivity contribution is -0.187. The van der Waals surface area contributed by atoms with Gasteiger partial charge in [-0.15, -0.1) is 0 Å². The number of carbonyl (C=O) groups excluding carboxylic acids is 1. The van der Waals surface area contributed by atoms with Gasteiger partial charge in [-0.1, -0.05) is 18.7 Å². The van der Waals surface area contributed by atoms with Crippen LogP contribution in [0.5, 0.6) is 0 Å². The van der Waals surface area contributed by atoms with Gasteiger partial charge in [0.2, 0.25) is 6.17 Å². The summed E-state index contributed by atoms with van der Waals surface area (Å²) in [6, 6.07) is 0. The first kappa shape index (κ1) is 16.6. The normalized spacial score (nSPS) is 14.8. The van der Waals surface area contributed by atoms with Crippen molar-refractivity contribution in [2.45, 2.75) is 37.8 Å². The van der Waals surface area contributed by atoms with E-state index in [4.69, 9.17) is 0 Å². The molecule has 1 atom stereocenters. The summed E-state index contributed by atoms with van der Waals surface area (Å²) in [5, 5.41) is -0.395. The Labute approximate surface area is 98.9 Å². The fourth-order valence-electron chi connectivity index (χ4n) is 0.906. The standard InChI is InChI=1S/C9H12F6OS/c1-2-6(16)17-4-3-8(12,13)7(11)9(14,15)5-10/h7H,2-5H2,1H3. The number of rotatable bonds is 7. The van der Waals surface area contributed by atoms with Crippen LogP contribution in [0.15, 0.2) is 0 Å². The average molecular weight is 282 g/mol. The highest BCUT2D eigenvalue weighted by Crippen LogP contribution is 2.37. The molecule has 0 aromatic heterocycles. The molecule has 0 aliphatic carbocycles. The molecule has 0 fully saturated rings. The minimum Gasteiger partial charge on any atom is -0.287 e. The third-order valence-corrected chi connectivity index (χ3v) is 2.93. The largest absolute Gasteiger partial charge is 0.312 e. The Bertz CT molecular complexity index is 258. The van der Waals surface area contributed by atoms with Crippen LogP contribution >= 0.6 is 11.8 Å². The molecule has 0 amide bonds. The number of hydrogen-bond acceptors (Lipinski definition) is 2. The Kier molecular flexibility index (Phi) is 6.36. The first-order valence-corrected chi connectivity index (χ1v) is 5.77. The molecule has 0 rings (SSSR count). The quantitative estimate of drug-likeness (QED) is 0.663. The SMILES string of the molecule is CCC(=O)SCCC(F)(F)C(F)C(F)(F)CF. The minimum atomic E-state index is -4.71. The Morgan fingerprint density at radius 3 is 2.18 bits per heavy atom. The van der Waals surface area contributed by atoms with E-state index in [0.717, 1.165) is 0 Å². The van der Waals surface area contributed by atoms with Gasteiger partial charge in [0.15, 0.2) is 11.8 Å². The van der Waals surface area contributed by atoms with Crippen molar-refractivity contribution in [2.24, 2.45) is 0 Å². The maximum Gasteiger partial charge on any atom is 0.312 e. The van der Waals surface area contributed by atoms with Gasteiger partial charge in [-0.05, 0) is 0 Å². The van der Waals surface area contributed by atoms with Crippen LogP contribution in [0.4, 0.5) is 26.3 Å². The molecule has 0 radical (unpaired) electrons. The fraction of sp³-hybridized carbons (Fsp3) is 0.889. The van der Waals surface area contributed by atoms with Gasteiger partial charge in [0.1, 0.15) is 0 Å². The predicted octanol–water partition coefficient (Wildman–Crippen LogP) is 3.62. The molecule has 0 spiro atoms. The lowest BCUT2D eigenvalue weighted by Gasteiger charge is -2.25. The van der Waals surface area contributed by atoms with Crippen molar-refractivity contribution in [3.05, 3.63) is 0 Å². The second-order valence-corrected chi connectivity index (χ2v) is 4.49. The Balaban J connectivity index is 4.32. The summed E-state index contributed by atoms with van der Waals surface area (Å²) in [6.07, 6.45) is -5.01. The van der Waals surface area contributed by atoms with Gasteiger partial charge in [-0.25, -0.2) is 26.3 Å². The molecule has 0 aromatic rings. The van der Waals surface area contributed by atoms with E-state index in [-0.39, 0.29) is 6.42 Å². The summed E-state index contributed by atoms with van der Waals surface area (Å²) in [5.41, 5.74) is 0. The van der Waals surface area contributed by atoms with E-state index >= 15 is 0 Å². The topological polar surface area (TPSA) is 17.1 Å². The smallest absolute Gasteiger partial charge is 0.287 e. The van der Waals surface area contributed by atoms with Crippen molar-refractivity contribution in [3.63, 3.8) is 0 Å². The van der Waals surface area contributed by atoms with Crippen molar-refractivity contribution in [1.29, 1.82) is 0 Å². The van der Waals surface area contributed by atoms with Crippen LogP contribution in [0.2, 0.25) is 0 Å². The summed E-state index contributed by atoms with van der Waals surface area (Å²) < 4.78 is 75.0. The van der Waals surface area contributed by atoms with Gasteiger partial charge in [0, 0.05) is 18.6 Å². The summed E-state index contributed by atoms with van der Waals surface area (Å²) in [7, 11) is 0. The molecular weight excluding hydrogens is 270 g/mol. The van der Waals surface area contributed by atoms with Crippen molar-refractivity contribution >= 4 is 16.9 Å². The number of halogens is 6. The van der Waals surface area contributed by atoms with E-state index in [1.807, 2.05) is 0 Å². The van der Waals surface area contributed by atoms with Crippen LogP contribution in [0.1, 0.15) is 19.8 Å². The van der Waals surface area contributed by atoms with Crippen molar-refractivity contribution < 1.29 is 31.1 Å². The monoisotopic (exact) mass is 282 g/mol. The van der Waals surface area contributed by atoms with Gasteiger partial charge in [-0.2, -0.15) is 0 Å². The van der Waals surface area contributed by atoms with Crippen molar-refractivity contribution in [1.82, 2.24) is 0 Å². The Morgan fingerprint density at radius 1 is 1.24 bits per heavy atom. The van der Waals surface area contributed by atoms with Crippen LogP contribution in [0.25, 0.3) is 0 Å². The van der Waals surface area contributed by atoms with Gasteiger partial charge < -0.3 is 0 Å². The van der Waals surface area contributed by atoms with Crippen LogP contribution in [0, 0.1) is 0 Å². The van der Waals surface area contributed by atoms with E-state index in [2.05, 4.69) is 0 Å². The zero-order valence-corrected chi connectivity index (χ0v) is 9.81. The molecule has 8 heteroatoms. The molecule has 1 unspecified atom stereocenters. The van der Waals surface area contributed by atoms with Crippen LogP contribution in [0.3, 0.4) is 0 Å². The molecule has 0 aromatic carbocycles. The fourth-order valence-corrected chi connectivity index (χ4v) is 1.71.